The molecule has 0 radical (unpaired) electrons. The summed E-state index contributed by atoms with van der Waals surface area (Å²) in [6.45, 7) is 2.77. The lowest BCUT2D eigenvalue weighted by Gasteiger charge is -2.04. The van der Waals surface area contributed by atoms with Crippen molar-refractivity contribution in [2.24, 2.45) is 0 Å². The molecule has 1 rings (SSSR count). The first-order chi connectivity index (χ1) is 19.2. The minimum Gasteiger partial charge on any atom is -0.351 e. The first kappa shape index (κ1) is 34.5. The number of hydrogen-bond acceptors (Lipinski definition) is 5. The quantitative estimate of drug-likeness (QED) is 0.0813. The number of rotatable bonds is 23. The lowest BCUT2D eigenvalue weighted by atomic mass is 10.1. The fourth-order valence-electron chi connectivity index (χ4n) is 3.26. The number of amides is 1. The topological polar surface area (TPSA) is 59.1 Å². The second kappa shape index (κ2) is 27.0. The zero-order valence-electron chi connectivity index (χ0n) is 23.5. The molecule has 1 amide bonds. The van der Waals surface area contributed by atoms with Crippen molar-refractivity contribution in [2.75, 3.05) is 18.1 Å². The Balaban J connectivity index is 1.89. The Morgan fingerprint density at radius 3 is 1.90 bits per heavy atom. The predicted octanol–water partition coefficient (Wildman–Crippen LogP) is 9.02. The van der Waals surface area contributed by atoms with Crippen molar-refractivity contribution in [3.05, 3.63) is 103 Å². The van der Waals surface area contributed by atoms with Crippen LogP contribution >= 0.6 is 21.6 Å². The SMILES string of the molecule is CC/C=C\C/C=C\C/C=C\C/C=C\C/C=C\C/C=C\CCC(=O)CCCSSCCNC(=O)c1cccnc1. The van der Waals surface area contributed by atoms with E-state index in [1.807, 2.05) is 0 Å². The van der Waals surface area contributed by atoms with Crippen LogP contribution in [0.15, 0.2) is 97.4 Å². The van der Waals surface area contributed by atoms with E-state index in [1.165, 1.54) is 0 Å². The van der Waals surface area contributed by atoms with Crippen LogP contribution in [0.2, 0.25) is 0 Å². The van der Waals surface area contributed by atoms with Crippen LogP contribution in [0.5, 0.6) is 0 Å². The fraction of sp³-hybridized carbons (Fsp3) is 0.424. The maximum atomic E-state index is 12.0. The second-order valence-corrected chi connectivity index (χ2v) is 11.4. The number of pyridine rings is 1. The standard InChI is InChI=1S/C33H46N2O2S2/c1-2-3-4-5-6-7-8-9-10-11-12-13-14-15-16-17-18-19-20-24-32(36)25-22-28-38-39-29-27-35-33(37)31-23-21-26-34-30-31/h3-4,6-7,9-10,12-13,15-16,18-19,21,23,26,30H,2,5,8,11,14,17,20,22,24-25,27-29H2,1H3,(H,35,37)/b4-3-,7-6-,10-9-,13-12-,16-15-,19-18-. The second-order valence-electron chi connectivity index (χ2n) is 8.74. The third-order valence-electron chi connectivity index (χ3n) is 5.35. The molecule has 6 heteroatoms. The van der Waals surface area contributed by atoms with E-state index in [4.69, 9.17) is 0 Å². The number of nitrogens with zero attached hydrogens (tertiary/aromatic N) is 1. The van der Waals surface area contributed by atoms with Crippen molar-refractivity contribution < 1.29 is 9.59 Å². The molecule has 212 valence electrons. The fourth-order valence-corrected chi connectivity index (χ4v) is 5.25. The lowest BCUT2D eigenvalue weighted by Crippen LogP contribution is -2.25. The zero-order chi connectivity index (χ0) is 28.1. The number of allylic oxidation sites excluding steroid dienone is 12. The van der Waals surface area contributed by atoms with Crippen LogP contribution in [0.25, 0.3) is 0 Å². The number of hydrogen-bond donors (Lipinski definition) is 1. The number of Topliss-reactive ketones (excluding diaryl/α,β-unsaturated/α-hetero) is 1. The molecule has 0 saturated heterocycles. The summed E-state index contributed by atoms with van der Waals surface area (Å²) in [6, 6.07) is 3.51. The molecule has 0 aliphatic rings. The molecule has 1 aromatic rings. The molecule has 0 spiro atoms. The molecule has 0 aliphatic carbocycles. The molecule has 1 aromatic heterocycles. The van der Waals surface area contributed by atoms with Gasteiger partial charge in [-0.3, -0.25) is 14.6 Å². The van der Waals surface area contributed by atoms with Crippen LogP contribution in [0.3, 0.4) is 0 Å². The molecule has 39 heavy (non-hydrogen) atoms. The maximum Gasteiger partial charge on any atom is 0.252 e. The molecule has 1 heterocycles. The van der Waals surface area contributed by atoms with Gasteiger partial charge in [-0.1, -0.05) is 101 Å². The van der Waals surface area contributed by atoms with Gasteiger partial charge in [0, 0.05) is 43.3 Å². The van der Waals surface area contributed by atoms with Gasteiger partial charge in [-0.05, 0) is 63.5 Å². The van der Waals surface area contributed by atoms with Crippen molar-refractivity contribution in [1.82, 2.24) is 10.3 Å². The summed E-state index contributed by atoms with van der Waals surface area (Å²) in [5, 5.41) is 2.89. The molecule has 4 nitrogen and oxygen atoms in total. The molecule has 0 atom stereocenters. The Kier molecular flexibility index (Phi) is 23.9. The summed E-state index contributed by atoms with van der Waals surface area (Å²) >= 11 is 0. The summed E-state index contributed by atoms with van der Waals surface area (Å²) < 4.78 is 0. The number of nitrogens with one attached hydrogen (secondary N) is 1. The van der Waals surface area contributed by atoms with Crippen molar-refractivity contribution >= 4 is 33.3 Å². The molecular formula is C33H46N2O2S2. The van der Waals surface area contributed by atoms with E-state index in [1.54, 1.807) is 46.1 Å². The van der Waals surface area contributed by atoms with Gasteiger partial charge in [-0.15, -0.1) is 0 Å². The van der Waals surface area contributed by atoms with Gasteiger partial charge in [0.15, 0.2) is 0 Å². The Labute approximate surface area is 244 Å². The molecule has 1 N–H and O–H groups in total. The highest BCUT2D eigenvalue weighted by molar-refractivity contribution is 8.76. The number of carbonyl (C=O) groups is 2. The Bertz CT molecular complexity index is 934. The van der Waals surface area contributed by atoms with Crippen LogP contribution in [-0.2, 0) is 4.79 Å². The van der Waals surface area contributed by atoms with E-state index >= 15 is 0 Å². The molecular weight excluding hydrogens is 521 g/mol. The van der Waals surface area contributed by atoms with Crippen LogP contribution in [0.1, 0.15) is 81.5 Å². The highest BCUT2D eigenvalue weighted by atomic mass is 33.1. The highest BCUT2D eigenvalue weighted by Gasteiger charge is 2.04. The van der Waals surface area contributed by atoms with E-state index in [2.05, 4.69) is 90.1 Å². The van der Waals surface area contributed by atoms with Gasteiger partial charge < -0.3 is 5.32 Å². The lowest BCUT2D eigenvalue weighted by molar-refractivity contribution is -0.119. The largest absolute Gasteiger partial charge is 0.351 e. The third kappa shape index (κ3) is 23.1. The van der Waals surface area contributed by atoms with Crippen molar-refractivity contribution in [1.29, 1.82) is 0 Å². The Morgan fingerprint density at radius 2 is 1.33 bits per heavy atom. The zero-order valence-corrected chi connectivity index (χ0v) is 25.1. The average Bonchev–Trinajstić information content (AvgIpc) is 2.96. The van der Waals surface area contributed by atoms with Gasteiger partial charge >= 0.3 is 0 Å². The number of ketones is 1. The minimum absolute atomic E-state index is 0.0915. The summed E-state index contributed by atoms with van der Waals surface area (Å²) in [5.41, 5.74) is 0.581. The van der Waals surface area contributed by atoms with Crippen LogP contribution in [0, 0.1) is 0 Å². The van der Waals surface area contributed by atoms with Gasteiger partial charge in [0.05, 0.1) is 5.56 Å². The van der Waals surface area contributed by atoms with Crippen LogP contribution in [0.4, 0.5) is 0 Å². The van der Waals surface area contributed by atoms with Gasteiger partial charge in [0.2, 0.25) is 0 Å². The Morgan fingerprint density at radius 1 is 0.769 bits per heavy atom. The Hall–Kier alpha value is -2.57. The summed E-state index contributed by atoms with van der Waals surface area (Å²) in [6.07, 6.45) is 38.5. The maximum absolute atomic E-state index is 12.0. The molecule has 0 aliphatic heterocycles. The molecule has 0 aromatic carbocycles. The predicted molar refractivity (Wildman–Crippen MR) is 173 cm³/mol. The average molecular weight is 567 g/mol. The summed E-state index contributed by atoms with van der Waals surface area (Å²) in [7, 11) is 3.49. The van der Waals surface area contributed by atoms with Gasteiger partial charge in [-0.25, -0.2) is 0 Å². The normalized spacial score (nSPS) is 12.3. The molecule has 0 unspecified atom stereocenters. The highest BCUT2D eigenvalue weighted by Crippen LogP contribution is 2.22. The first-order valence-electron chi connectivity index (χ1n) is 14.1. The van der Waals surface area contributed by atoms with Crippen LogP contribution in [-0.4, -0.2) is 34.7 Å². The number of aromatic nitrogens is 1. The molecule has 0 saturated carbocycles. The first-order valence-corrected chi connectivity index (χ1v) is 16.6. The smallest absolute Gasteiger partial charge is 0.252 e. The minimum atomic E-state index is -0.0915. The third-order valence-corrected chi connectivity index (χ3v) is 7.84. The van der Waals surface area contributed by atoms with Crippen molar-refractivity contribution in [3.63, 3.8) is 0 Å². The van der Waals surface area contributed by atoms with E-state index in [-0.39, 0.29) is 5.91 Å². The van der Waals surface area contributed by atoms with E-state index in [0.717, 1.165) is 62.9 Å². The molecule has 0 fully saturated rings. The van der Waals surface area contributed by atoms with Gasteiger partial charge in [0.1, 0.15) is 5.78 Å². The summed E-state index contributed by atoms with van der Waals surface area (Å²) in [5.74, 6) is 2.04. The monoisotopic (exact) mass is 566 g/mol. The number of carbonyl (C=O) groups excluding carboxylic acids is 2. The van der Waals surface area contributed by atoms with Crippen molar-refractivity contribution in [3.8, 4) is 0 Å². The van der Waals surface area contributed by atoms with Crippen molar-refractivity contribution in [2.45, 2.75) is 71.1 Å². The summed E-state index contributed by atoms with van der Waals surface area (Å²) in [4.78, 5) is 27.9. The molecule has 0 bridgehead atoms. The van der Waals surface area contributed by atoms with E-state index in [0.29, 0.717) is 30.7 Å². The van der Waals surface area contributed by atoms with Gasteiger partial charge in [0.25, 0.3) is 5.91 Å². The van der Waals surface area contributed by atoms with E-state index < -0.39 is 0 Å². The van der Waals surface area contributed by atoms with Gasteiger partial charge in [-0.2, -0.15) is 0 Å². The van der Waals surface area contributed by atoms with E-state index in [9.17, 15) is 9.59 Å². The van der Waals surface area contributed by atoms with Crippen LogP contribution < -0.4 is 5.32 Å².